The van der Waals surface area contributed by atoms with E-state index in [1.165, 1.54) is 12.4 Å². The quantitative estimate of drug-likeness (QED) is 0.217. The zero-order valence-corrected chi connectivity index (χ0v) is 19.4. The van der Waals surface area contributed by atoms with Crippen molar-refractivity contribution in [2.75, 3.05) is 0 Å². The molecule has 2 aromatic heterocycles. The molecule has 0 aliphatic carbocycles. The predicted molar refractivity (Wildman–Crippen MR) is 76.7 cm³/mol. The van der Waals surface area contributed by atoms with Gasteiger partial charge < -0.3 is 29.2 Å². The van der Waals surface area contributed by atoms with Gasteiger partial charge >= 0.3 is 66.7 Å². The summed E-state index contributed by atoms with van der Waals surface area (Å²) in [5.74, 6) is 0. The minimum Gasteiger partial charge on any atom is -0.776 e. The molecule has 0 bridgehead atoms. The second kappa shape index (κ2) is 9.66. The fourth-order valence-electron chi connectivity index (χ4n) is 1.89. The Kier molecular flexibility index (Phi) is 9.88. The Labute approximate surface area is 188 Å². The zero-order valence-electron chi connectivity index (χ0n) is 13.6. The first-order valence-corrected chi connectivity index (χ1v) is 9.45. The Bertz CT molecular complexity index is 758. The van der Waals surface area contributed by atoms with Crippen molar-refractivity contribution in [3.63, 3.8) is 0 Å². The molecule has 0 amide bonds. The molecule has 0 aliphatic rings. The van der Waals surface area contributed by atoms with Gasteiger partial charge in [-0.3, -0.25) is 9.55 Å². The third-order valence-electron chi connectivity index (χ3n) is 3.22. The molecule has 25 heavy (non-hydrogen) atoms. The smallest absolute Gasteiger partial charge is 0.776 e. The van der Waals surface area contributed by atoms with E-state index in [0.29, 0.717) is 0 Å². The van der Waals surface area contributed by atoms with E-state index in [4.69, 9.17) is 14.7 Å². The monoisotopic (exact) mass is 406 g/mol. The normalized spacial score (nSPS) is 15.9. The second-order valence-electron chi connectivity index (χ2n) is 4.83. The molecule has 2 heterocycles. The molecule has 2 unspecified atom stereocenters. The van der Waals surface area contributed by atoms with Gasteiger partial charge in [-0.15, -0.1) is 0 Å². The van der Waals surface area contributed by atoms with E-state index < -0.39 is 26.8 Å². The first-order chi connectivity index (χ1) is 10.5. The average Bonchev–Trinajstić information content (AvgIpc) is 2.46. The molecule has 0 fully saturated rings. The van der Waals surface area contributed by atoms with E-state index in [9.17, 15) is 19.1 Å². The summed E-state index contributed by atoms with van der Waals surface area (Å²) in [4.78, 5) is 42.2. The van der Waals surface area contributed by atoms with Crippen LogP contribution in [0.25, 0.3) is 11.1 Å². The molecule has 4 N–H and O–H groups in total. The molecular weight excluding hydrogens is 392 g/mol. The fraction of sp³-hybridized carbons (Fsp3) is 0.167. The fourth-order valence-corrected chi connectivity index (χ4v) is 3.90. The van der Waals surface area contributed by atoms with Gasteiger partial charge in [0.2, 0.25) is 0 Å². The van der Waals surface area contributed by atoms with E-state index >= 15 is 0 Å². The van der Waals surface area contributed by atoms with Gasteiger partial charge in [0.15, 0.2) is 26.5 Å². The summed E-state index contributed by atoms with van der Waals surface area (Å²) in [6, 6.07) is 6.60. The molecule has 0 saturated carbocycles. The van der Waals surface area contributed by atoms with Crippen LogP contribution >= 0.6 is 15.2 Å². The molecule has 9 nitrogen and oxygen atoms in total. The molecule has 0 saturated heterocycles. The van der Waals surface area contributed by atoms with Gasteiger partial charge in [-0.1, -0.05) is 0 Å². The maximum absolute atomic E-state index is 11.3. The average molecular weight is 406 g/mol. The minimum atomic E-state index is -5.73. The van der Waals surface area contributed by atoms with E-state index in [0.717, 1.165) is 15.7 Å². The van der Waals surface area contributed by atoms with Crippen molar-refractivity contribution in [3.8, 4) is 11.1 Å². The van der Waals surface area contributed by atoms with Crippen LogP contribution in [0.3, 0.4) is 0 Å². The van der Waals surface area contributed by atoms with E-state index in [1.807, 2.05) is 0 Å². The molecule has 2 atom stereocenters. The van der Waals surface area contributed by atoms with E-state index in [-0.39, 0.29) is 59.1 Å². The summed E-state index contributed by atoms with van der Waals surface area (Å²) in [5.41, 5.74) is 1.58. The van der Waals surface area contributed by atoms with Crippen LogP contribution in [0.1, 0.15) is 0 Å². The summed E-state index contributed by atoms with van der Waals surface area (Å²) in [7, 11) is -11.3. The molecular formula is C12H14N2Na2O7P2+2. The van der Waals surface area contributed by atoms with Gasteiger partial charge in [-0.05, 0) is 23.3 Å². The summed E-state index contributed by atoms with van der Waals surface area (Å²) in [5, 5.41) is 6.21. The predicted octanol–water partition coefficient (Wildman–Crippen LogP) is -6.59. The van der Waals surface area contributed by atoms with Crippen molar-refractivity contribution < 1.29 is 97.5 Å². The van der Waals surface area contributed by atoms with Crippen molar-refractivity contribution in [2.45, 2.75) is 11.6 Å². The number of nitrogens with zero attached hydrogens (tertiary/aromatic N) is 2. The second-order valence-corrected chi connectivity index (χ2v) is 8.80. The third kappa shape index (κ3) is 6.02. The topological polar surface area (TPSA) is 155 Å². The Hall–Kier alpha value is 0.560. The van der Waals surface area contributed by atoms with Crippen molar-refractivity contribution in [3.05, 3.63) is 49.1 Å². The van der Waals surface area contributed by atoms with Crippen LogP contribution in [-0.2, 0) is 15.7 Å². The molecule has 0 aliphatic heterocycles. The summed E-state index contributed by atoms with van der Waals surface area (Å²) < 4.78 is 23.5. The maximum Gasteiger partial charge on any atom is 1.00 e. The first-order valence-electron chi connectivity index (χ1n) is 6.26. The number of aromatic nitrogens is 2. The standard InChI is InChI=1S/C12H14N2O7P2.2Na/c15-12(22(16,17)18,23(19,20)21)9-14-7-3-11(4-8-14)10-1-5-13-6-2-10;;/h1-8,15H,9H2,(H3-,16,17,18,19,20,21);;/q;2*+1. The van der Waals surface area contributed by atoms with Crippen molar-refractivity contribution in [1.29, 1.82) is 0 Å². The summed E-state index contributed by atoms with van der Waals surface area (Å²) in [6.07, 6.45) is 5.82. The molecule has 0 radical (unpaired) electrons. The van der Waals surface area contributed by atoms with Gasteiger partial charge in [0.1, 0.15) is 0 Å². The Morgan fingerprint density at radius 2 is 1.44 bits per heavy atom. The minimum absolute atomic E-state index is 0. The van der Waals surface area contributed by atoms with Gasteiger partial charge in [0, 0.05) is 24.5 Å². The molecule has 0 spiro atoms. The third-order valence-corrected chi connectivity index (χ3v) is 6.88. The zero-order chi connectivity index (χ0) is 17.3. The van der Waals surface area contributed by atoms with Crippen LogP contribution in [0.4, 0.5) is 0 Å². The summed E-state index contributed by atoms with van der Waals surface area (Å²) in [6.45, 7) is -1.02. The number of pyridine rings is 2. The number of hydrogen-bond donors (Lipinski definition) is 4. The Morgan fingerprint density at radius 3 is 1.84 bits per heavy atom. The Morgan fingerprint density at radius 1 is 1.00 bits per heavy atom. The van der Waals surface area contributed by atoms with Crippen LogP contribution < -0.4 is 68.6 Å². The molecule has 124 valence electrons. The van der Waals surface area contributed by atoms with Crippen LogP contribution in [0.5, 0.6) is 0 Å². The molecule has 0 aromatic carbocycles. The Balaban J connectivity index is 0.00000288. The van der Waals surface area contributed by atoms with Crippen LogP contribution in [0.15, 0.2) is 49.1 Å². The van der Waals surface area contributed by atoms with Crippen LogP contribution in [-0.4, -0.2) is 29.9 Å². The SMILES string of the molecule is O=P([O-])(O)C(O)(C[n+]1ccc(-c2ccncc2)cc1)P(=O)(O)O.[Na+].[Na+]. The van der Waals surface area contributed by atoms with Gasteiger partial charge in [-0.2, -0.15) is 0 Å². The van der Waals surface area contributed by atoms with Crippen molar-refractivity contribution >= 4 is 15.2 Å². The molecule has 2 rings (SSSR count). The van der Waals surface area contributed by atoms with E-state index in [1.54, 1.807) is 36.7 Å². The van der Waals surface area contributed by atoms with E-state index in [2.05, 4.69) is 4.98 Å². The van der Waals surface area contributed by atoms with Crippen LogP contribution in [0, 0.1) is 0 Å². The number of aliphatic hydroxyl groups is 1. The van der Waals surface area contributed by atoms with Gasteiger partial charge in [-0.25, -0.2) is 4.57 Å². The number of hydrogen-bond acceptors (Lipinski definition) is 5. The largest absolute Gasteiger partial charge is 1.00 e. The molecule has 13 heteroatoms. The van der Waals surface area contributed by atoms with Crippen LogP contribution in [0.2, 0.25) is 0 Å². The molecule has 2 aromatic rings. The van der Waals surface area contributed by atoms with Gasteiger partial charge in [0.05, 0.1) is 0 Å². The van der Waals surface area contributed by atoms with Crippen molar-refractivity contribution in [1.82, 2.24) is 4.98 Å². The number of rotatable bonds is 5. The maximum atomic E-state index is 11.3. The summed E-state index contributed by atoms with van der Waals surface area (Å²) >= 11 is 0. The first kappa shape index (κ1) is 25.6. The van der Waals surface area contributed by atoms with Crippen molar-refractivity contribution in [2.24, 2.45) is 0 Å². The van der Waals surface area contributed by atoms with Gasteiger partial charge in [0.25, 0.3) is 5.08 Å².